The molecule has 176 valence electrons. The molecule has 2 aromatic rings. The van der Waals surface area contributed by atoms with Gasteiger partial charge in [0.25, 0.3) is 0 Å². The van der Waals surface area contributed by atoms with Crippen molar-refractivity contribution in [3.63, 3.8) is 0 Å². The Labute approximate surface area is 199 Å². The maximum atomic E-state index is 12.7. The first-order valence-electron chi connectivity index (χ1n) is 10.8. The monoisotopic (exact) mass is 471 g/mol. The number of hydrogen-bond donors (Lipinski definition) is 1. The summed E-state index contributed by atoms with van der Waals surface area (Å²) in [5.74, 6) is 0. The molecule has 0 bridgehead atoms. The predicted octanol–water partition coefficient (Wildman–Crippen LogP) is 5.36. The van der Waals surface area contributed by atoms with Gasteiger partial charge < -0.3 is 19.7 Å². The van der Waals surface area contributed by atoms with Crippen molar-refractivity contribution in [1.29, 1.82) is 0 Å². The number of aryl methyl sites for hydroxylation is 1. The van der Waals surface area contributed by atoms with Gasteiger partial charge in [0.05, 0.1) is 12.1 Å². The van der Waals surface area contributed by atoms with Crippen molar-refractivity contribution in [2.75, 3.05) is 13.1 Å². The molecular weight excluding hydrogens is 442 g/mol. The minimum absolute atomic E-state index is 0.149. The molecule has 1 saturated heterocycles. The van der Waals surface area contributed by atoms with E-state index in [2.05, 4.69) is 10.3 Å². The van der Waals surface area contributed by atoms with Crippen LogP contribution in [0.1, 0.15) is 44.0 Å². The van der Waals surface area contributed by atoms with Crippen LogP contribution in [0, 0.1) is 6.92 Å². The number of nitrogens with one attached hydrogen (secondary N) is 1. The zero-order chi connectivity index (χ0) is 24.1. The number of rotatable bonds is 5. The number of pyridine rings is 1. The van der Waals surface area contributed by atoms with Crippen LogP contribution in [0.3, 0.4) is 0 Å². The second-order valence-electron chi connectivity index (χ2n) is 9.16. The number of hydrogen-bond acceptors (Lipinski definition) is 5. The molecule has 33 heavy (non-hydrogen) atoms. The summed E-state index contributed by atoms with van der Waals surface area (Å²) in [5.41, 5.74) is 0.972. The molecule has 1 aliphatic rings. The van der Waals surface area contributed by atoms with Gasteiger partial charge in [0, 0.05) is 17.8 Å². The van der Waals surface area contributed by atoms with Gasteiger partial charge in [-0.3, -0.25) is 0 Å². The van der Waals surface area contributed by atoms with Crippen molar-refractivity contribution >= 4 is 29.9 Å². The highest BCUT2D eigenvalue weighted by Gasteiger charge is 2.41. The lowest BCUT2D eigenvalue weighted by Crippen LogP contribution is -2.50. The SMILES string of the molecule is Cc1ccc(/C=C\[C@]2(NC(=O)OCc3ccccc3)CCN(C(=O)OC(C)(C)C)C2)c(Cl)n1. The molecule has 0 radical (unpaired) electrons. The number of carbonyl (C=O) groups is 2. The second kappa shape index (κ2) is 10.3. The average molecular weight is 472 g/mol. The van der Waals surface area contributed by atoms with Crippen molar-refractivity contribution in [3.05, 3.63) is 70.5 Å². The van der Waals surface area contributed by atoms with E-state index in [1.807, 2.05) is 82.3 Å². The number of aromatic nitrogens is 1. The highest BCUT2D eigenvalue weighted by molar-refractivity contribution is 6.30. The Kier molecular flexibility index (Phi) is 7.64. The number of amides is 2. The molecule has 1 aromatic heterocycles. The predicted molar refractivity (Wildman–Crippen MR) is 128 cm³/mol. The third-order valence-electron chi connectivity index (χ3n) is 5.12. The van der Waals surface area contributed by atoms with Crippen molar-refractivity contribution in [1.82, 2.24) is 15.2 Å². The number of alkyl carbamates (subject to hydrolysis) is 1. The Morgan fingerprint density at radius 2 is 1.94 bits per heavy atom. The van der Waals surface area contributed by atoms with E-state index < -0.39 is 23.3 Å². The summed E-state index contributed by atoms with van der Waals surface area (Å²) in [4.78, 5) is 31.1. The Hall–Kier alpha value is -3.06. The summed E-state index contributed by atoms with van der Waals surface area (Å²) >= 11 is 6.28. The maximum Gasteiger partial charge on any atom is 0.410 e. The fraction of sp³-hybridized carbons (Fsp3) is 0.400. The minimum atomic E-state index is -0.834. The van der Waals surface area contributed by atoms with Gasteiger partial charge >= 0.3 is 12.2 Å². The molecule has 0 aliphatic carbocycles. The molecule has 1 atom stereocenters. The first-order chi connectivity index (χ1) is 15.6. The van der Waals surface area contributed by atoms with Crippen LogP contribution in [-0.4, -0.2) is 46.3 Å². The van der Waals surface area contributed by atoms with E-state index in [1.165, 1.54) is 0 Å². The van der Waals surface area contributed by atoms with Crippen molar-refractivity contribution < 1.29 is 19.1 Å². The first kappa shape index (κ1) is 24.6. The van der Waals surface area contributed by atoms with E-state index in [1.54, 1.807) is 4.90 Å². The third-order valence-corrected chi connectivity index (χ3v) is 5.42. The van der Waals surface area contributed by atoms with Crippen LogP contribution in [0.15, 0.2) is 48.5 Å². The summed E-state index contributed by atoms with van der Waals surface area (Å²) in [5, 5.41) is 3.32. The molecular formula is C25H30ClN3O4. The van der Waals surface area contributed by atoms with Crippen molar-refractivity contribution in [3.8, 4) is 0 Å². The summed E-state index contributed by atoms with van der Waals surface area (Å²) in [7, 11) is 0. The molecule has 1 aliphatic heterocycles. The molecule has 2 amide bonds. The number of halogens is 1. The number of benzene rings is 1. The van der Waals surface area contributed by atoms with Gasteiger partial charge in [0.2, 0.25) is 0 Å². The lowest BCUT2D eigenvalue weighted by molar-refractivity contribution is 0.0284. The van der Waals surface area contributed by atoms with Crippen molar-refractivity contribution in [2.45, 2.75) is 51.9 Å². The van der Waals surface area contributed by atoms with Crippen LogP contribution >= 0.6 is 11.6 Å². The van der Waals surface area contributed by atoms with Gasteiger partial charge in [0.15, 0.2) is 0 Å². The number of ether oxygens (including phenoxy) is 2. The number of nitrogens with zero attached hydrogens (tertiary/aromatic N) is 2. The molecule has 7 nitrogen and oxygen atoms in total. The molecule has 1 N–H and O–H groups in total. The molecule has 2 heterocycles. The standard InChI is InChI=1S/C25H30ClN3O4/c1-18-10-11-20(21(26)27-18)12-13-25(14-15-29(17-25)23(31)33-24(2,3)4)28-22(30)32-16-19-8-6-5-7-9-19/h5-13H,14-17H2,1-4H3,(H,28,30)/b13-12-/t25-/m0/s1. The fourth-order valence-electron chi connectivity index (χ4n) is 3.47. The largest absolute Gasteiger partial charge is 0.445 e. The highest BCUT2D eigenvalue weighted by atomic mass is 35.5. The van der Waals surface area contributed by atoms with Crippen LogP contribution in [-0.2, 0) is 16.1 Å². The van der Waals surface area contributed by atoms with Gasteiger partial charge in [-0.1, -0.05) is 60.2 Å². The lowest BCUT2D eigenvalue weighted by Gasteiger charge is -2.28. The Morgan fingerprint density at radius 3 is 2.61 bits per heavy atom. The Bertz CT molecular complexity index is 1020. The quantitative estimate of drug-likeness (QED) is 0.593. The summed E-state index contributed by atoms with van der Waals surface area (Å²) in [6.07, 6.45) is 3.17. The lowest BCUT2D eigenvalue weighted by atomic mass is 9.97. The second-order valence-corrected chi connectivity index (χ2v) is 9.52. The van der Waals surface area contributed by atoms with Gasteiger partial charge in [0.1, 0.15) is 17.4 Å². The molecule has 8 heteroatoms. The van der Waals surface area contributed by atoms with E-state index in [9.17, 15) is 9.59 Å². The zero-order valence-electron chi connectivity index (χ0n) is 19.4. The molecule has 3 rings (SSSR count). The fourth-order valence-corrected chi connectivity index (χ4v) is 3.73. The van der Waals surface area contributed by atoms with Crippen LogP contribution < -0.4 is 5.32 Å². The van der Waals surface area contributed by atoms with E-state index >= 15 is 0 Å². The average Bonchev–Trinajstić information content (AvgIpc) is 3.15. The highest BCUT2D eigenvalue weighted by Crippen LogP contribution is 2.27. The van der Waals surface area contributed by atoms with Crippen LogP contribution in [0.25, 0.3) is 6.08 Å². The van der Waals surface area contributed by atoms with E-state index in [4.69, 9.17) is 21.1 Å². The van der Waals surface area contributed by atoms with Gasteiger partial charge in [-0.05, 0) is 45.7 Å². The summed E-state index contributed by atoms with van der Waals surface area (Å²) < 4.78 is 10.9. The van der Waals surface area contributed by atoms with E-state index in [0.29, 0.717) is 18.1 Å². The summed E-state index contributed by atoms with van der Waals surface area (Å²) in [6.45, 7) is 8.14. The number of likely N-dealkylation sites (tertiary alicyclic amines) is 1. The van der Waals surface area contributed by atoms with Crippen LogP contribution in [0.4, 0.5) is 9.59 Å². The molecule has 0 saturated carbocycles. The Balaban J connectivity index is 1.76. The molecule has 1 fully saturated rings. The number of carbonyl (C=O) groups excluding carboxylic acids is 2. The van der Waals surface area contributed by atoms with Crippen molar-refractivity contribution in [2.24, 2.45) is 0 Å². The van der Waals surface area contributed by atoms with Gasteiger partial charge in [-0.25, -0.2) is 14.6 Å². The smallest absolute Gasteiger partial charge is 0.410 e. The topological polar surface area (TPSA) is 80.8 Å². The first-order valence-corrected chi connectivity index (χ1v) is 11.2. The van der Waals surface area contributed by atoms with Crippen LogP contribution in [0.2, 0.25) is 5.15 Å². The molecule has 1 aromatic carbocycles. The van der Waals surface area contributed by atoms with Gasteiger partial charge in [-0.2, -0.15) is 0 Å². The molecule has 0 spiro atoms. The normalized spacial score (nSPS) is 18.4. The van der Waals surface area contributed by atoms with Gasteiger partial charge in [-0.15, -0.1) is 0 Å². The van der Waals surface area contributed by atoms with E-state index in [-0.39, 0.29) is 13.2 Å². The maximum absolute atomic E-state index is 12.7. The van der Waals surface area contributed by atoms with E-state index in [0.717, 1.165) is 16.8 Å². The molecule has 0 unspecified atom stereocenters. The third kappa shape index (κ3) is 7.22. The summed E-state index contributed by atoms with van der Waals surface area (Å²) in [6, 6.07) is 13.2. The van der Waals surface area contributed by atoms with Crippen LogP contribution in [0.5, 0.6) is 0 Å². The zero-order valence-corrected chi connectivity index (χ0v) is 20.2. The Morgan fingerprint density at radius 1 is 1.21 bits per heavy atom. The minimum Gasteiger partial charge on any atom is -0.445 e.